The van der Waals surface area contributed by atoms with Gasteiger partial charge in [-0.2, -0.15) is 0 Å². The zero-order valence-electron chi connectivity index (χ0n) is 13.8. The molecule has 0 spiro atoms. The maximum atomic E-state index is 12.6. The first-order valence-electron chi connectivity index (χ1n) is 8.44. The topological polar surface area (TPSA) is 55.5 Å². The Balaban J connectivity index is 1.67. The zero-order valence-corrected chi connectivity index (χ0v) is 13.8. The predicted molar refractivity (Wildman–Crippen MR) is 89.3 cm³/mol. The van der Waals surface area contributed by atoms with E-state index in [2.05, 4.69) is 13.8 Å². The normalized spacial score (nSPS) is 14.6. The molecule has 1 aliphatic carbocycles. The molecule has 0 bridgehead atoms. The first-order chi connectivity index (χ1) is 11.1. The molecular formula is C18H24N2O3. The first-order valence-corrected chi connectivity index (χ1v) is 8.44. The molecule has 23 heavy (non-hydrogen) atoms. The van der Waals surface area contributed by atoms with Gasteiger partial charge in [-0.3, -0.25) is 9.36 Å². The monoisotopic (exact) mass is 316 g/mol. The van der Waals surface area contributed by atoms with Gasteiger partial charge in [0.2, 0.25) is 5.91 Å². The number of aromatic nitrogens is 1. The van der Waals surface area contributed by atoms with E-state index in [9.17, 15) is 9.59 Å². The average Bonchev–Trinajstić information content (AvgIpc) is 3.28. The van der Waals surface area contributed by atoms with Crippen molar-refractivity contribution in [3.63, 3.8) is 0 Å². The number of aryl methyl sites for hydroxylation is 1. The van der Waals surface area contributed by atoms with Crippen molar-refractivity contribution in [1.29, 1.82) is 0 Å². The van der Waals surface area contributed by atoms with Crippen LogP contribution in [0.15, 0.2) is 33.5 Å². The molecule has 1 aromatic carbocycles. The number of amides is 1. The Labute approximate surface area is 135 Å². The van der Waals surface area contributed by atoms with Crippen LogP contribution in [0.1, 0.15) is 39.5 Å². The second-order valence-electron chi connectivity index (χ2n) is 6.74. The summed E-state index contributed by atoms with van der Waals surface area (Å²) in [5.74, 6) is 0.342. The van der Waals surface area contributed by atoms with Crippen LogP contribution in [0.2, 0.25) is 0 Å². The molecule has 124 valence electrons. The van der Waals surface area contributed by atoms with Crippen LogP contribution >= 0.6 is 0 Å². The van der Waals surface area contributed by atoms with Crippen LogP contribution in [-0.4, -0.2) is 28.0 Å². The number of fused-ring (bicyclic) bond motifs is 1. The highest BCUT2D eigenvalue weighted by molar-refractivity contribution is 5.77. The number of oxazole rings is 1. The van der Waals surface area contributed by atoms with E-state index >= 15 is 0 Å². The minimum absolute atomic E-state index is 0.144. The third-order valence-electron chi connectivity index (χ3n) is 4.38. The third kappa shape index (κ3) is 3.66. The summed E-state index contributed by atoms with van der Waals surface area (Å²) in [5.41, 5.74) is 1.33. The lowest BCUT2D eigenvalue weighted by Crippen LogP contribution is -2.35. The van der Waals surface area contributed by atoms with Crippen molar-refractivity contribution in [1.82, 2.24) is 9.47 Å². The molecule has 3 rings (SSSR count). The molecule has 2 aromatic rings. The smallest absolute Gasteiger partial charge is 0.408 e. The number of benzene rings is 1. The molecule has 5 heteroatoms. The summed E-state index contributed by atoms with van der Waals surface area (Å²) in [5, 5.41) is 0. The summed E-state index contributed by atoms with van der Waals surface area (Å²) in [6.45, 7) is 5.54. The highest BCUT2D eigenvalue weighted by Crippen LogP contribution is 2.28. The Morgan fingerprint density at radius 2 is 2.09 bits per heavy atom. The molecule has 0 saturated heterocycles. The van der Waals surface area contributed by atoms with Gasteiger partial charge in [0.05, 0.1) is 5.52 Å². The van der Waals surface area contributed by atoms with Crippen LogP contribution < -0.4 is 5.76 Å². The van der Waals surface area contributed by atoms with Crippen LogP contribution in [0, 0.1) is 5.92 Å². The SMILES string of the molecule is CC(C)CCN(C(=O)CCn1c(=O)oc2ccccc21)C1CC1. The summed E-state index contributed by atoms with van der Waals surface area (Å²) >= 11 is 0. The molecule has 5 nitrogen and oxygen atoms in total. The van der Waals surface area contributed by atoms with Gasteiger partial charge in [0.1, 0.15) is 0 Å². The van der Waals surface area contributed by atoms with Crippen LogP contribution in [0.4, 0.5) is 0 Å². The van der Waals surface area contributed by atoms with Gasteiger partial charge in [-0.15, -0.1) is 0 Å². The molecule has 1 amide bonds. The average molecular weight is 316 g/mol. The van der Waals surface area contributed by atoms with Gasteiger partial charge < -0.3 is 9.32 Å². The molecular weight excluding hydrogens is 292 g/mol. The number of hydrogen-bond donors (Lipinski definition) is 0. The number of carbonyl (C=O) groups is 1. The summed E-state index contributed by atoms with van der Waals surface area (Å²) in [6.07, 6.45) is 3.59. The summed E-state index contributed by atoms with van der Waals surface area (Å²) in [7, 11) is 0. The molecule has 0 radical (unpaired) electrons. The lowest BCUT2D eigenvalue weighted by Gasteiger charge is -2.23. The molecule has 0 N–H and O–H groups in total. The van der Waals surface area contributed by atoms with Crippen molar-refractivity contribution < 1.29 is 9.21 Å². The minimum Gasteiger partial charge on any atom is -0.408 e. The van der Waals surface area contributed by atoms with E-state index in [1.54, 1.807) is 10.6 Å². The minimum atomic E-state index is -0.390. The van der Waals surface area contributed by atoms with Gasteiger partial charge in [-0.1, -0.05) is 26.0 Å². The first kappa shape index (κ1) is 15.8. The van der Waals surface area contributed by atoms with Gasteiger partial charge in [-0.25, -0.2) is 4.79 Å². The van der Waals surface area contributed by atoms with Crippen molar-refractivity contribution in [2.45, 2.75) is 52.1 Å². The van der Waals surface area contributed by atoms with Gasteiger partial charge >= 0.3 is 5.76 Å². The Hall–Kier alpha value is -2.04. The Morgan fingerprint density at radius 1 is 1.35 bits per heavy atom. The quantitative estimate of drug-likeness (QED) is 0.789. The molecule has 1 saturated carbocycles. The van der Waals surface area contributed by atoms with E-state index in [0.717, 1.165) is 31.3 Å². The molecule has 1 aliphatic rings. The fraction of sp³-hybridized carbons (Fsp3) is 0.556. The summed E-state index contributed by atoms with van der Waals surface area (Å²) in [4.78, 5) is 26.5. The summed E-state index contributed by atoms with van der Waals surface area (Å²) in [6, 6.07) is 7.74. The molecule has 1 aromatic heterocycles. The van der Waals surface area contributed by atoms with E-state index in [4.69, 9.17) is 4.42 Å². The van der Waals surface area contributed by atoms with Gasteiger partial charge in [0.25, 0.3) is 0 Å². The van der Waals surface area contributed by atoms with Crippen LogP contribution in [0.25, 0.3) is 11.1 Å². The highest BCUT2D eigenvalue weighted by atomic mass is 16.4. The van der Waals surface area contributed by atoms with Crippen LogP contribution in [0.3, 0.4) is 0 Å². The van der Waals surface area contributed by atoms with Gasteiger partial charge in [-0.05, 0) is 37.3 Å². The van der Waals surface area contributed by atoms with Gasteiger partial charge in [0, 0.05) is 25.6 Å². The Morgan fingerprint density at radius 3 is 2.78 bits per heavy atom. The third-order valence-corrected chi connectivity index (χ3v) is 4.38. The number of nitrogens with zero attached hydrogens (tertiary/aromatic N) is 2. The van der Waals surface area contributed by atoms with Crippen LogP contribution in [0.5, 0.6) is 0 Å². The van der Waals surface area contributed by atoms with Crippen molar-refractivity contribution in [3.8, 4) is 0 Å². The summed E-state index contributed by atoms with van der Waals surface area (Å²) < 4.78 is 6.77. The molecule has 1 heterocycles. The molecule has 0 aliphatic heterocycles. The fourth-order valence-electron chi connectivity index (χ4n) is 2.87. The second-order valence-corrected chi connectivity index (χ2v) is 6.74. The number of para-hydroxylation sites is 2. The lowest BCUT2D eigenvalue weighted by atomic mass is 10.1. The van der Waals surface area contributed by atoms with E-state index in [1.165, 1.54) is 0 Å². The van der Waals surface area contributed by atoms with Crippen LogP contribution in [-0.2, 0) is 11.3 Å². The van der Waals surface area contributed by atoms with E-state index in [0.29, 0.717) is 30.5 Å². The predicted octanol–water partition coefficient (Wildman–Crippen LogP) is 3.02. The molecule has 0 atom stereocenters. The number of carbonyl (C=O) groups excluding carboxylic acids is 1. The second kappa shape index (κ2) is 6.60. The molecule has 0 unspecified atom stereocenters. The fourth-order valence-corrected chi connectivity index (χ4v) is 2.87. The van der Waals surface area contributed by atoms with Crippen molar-refractivity contribution >= 4 is 17.0 Å². The van der Waals surface area contributed by atoms with Crippen molar-refractivity contribution in [3.05, 3.63) is 34.8 Å². The van der Waals surface area contributed by atoms with Gasteiger partial charge in [0.15, 0.2) is 5.58 Å². The van der Waals surface area contributed by atoms with Crippen molar-refractivity contribution in [2.24, 2.45) is 5.92 Å². The largest absolute Gasteiger partial charge is 0.419 e. The Bertz CT molecular complexity index is 740. The van der Waals surface area contributed by atoms with E-state index < -0.39 is 0 Å². The lowest BCUT2D eigenvalue weighted by molar-refractivity contribution is -0.132. The van der Waals surface area contributed by atoms with Crippen molar-refractivity contribution in [2.75, 3.05) is 6.54 Å². The van der Waals surface area contributed by atoms with E-state index in [1.807, 2.05) is 23.1 Å². The maximum absolute atomic E-state index is 12.6. The standard InChI is InChI=1S/C18H24N2O3/c1-13(2)9-11-19(14-7-8-14)17(21)10-12-20-15-5-3-4-6-16(15)23-18(20)22/h3-6,13-14H,7-12H2,1-2H3. The highest BCUT2D eigenvalue weighted by Gasteiger charge is 2.32. The number of hydrogen-bond acceptors (Lipinski definition) is 3. The zero-order chi connectivity index (χ0) is 16.4. The van der Waals surface area contributed by atoms with E-state index in [-0.39, 0.29) is 11.7 Å². The molecule has 1 fully saturated rings. The number of rotatable bonds is 7. The maximum Gasteiger partial charge on any atom is 0.419 e. The Kier molecular flexibility index (Phi) is 4.55.